The van der Waals surface area contributed by atoms with E-state index in [1.807, 2.05) is 19.9 Å². The number of nitrogens with two attached hydrogens (primary N) is 1. The molecule has 0 aromatic carbocycles. The first-order valence-electron chi connectivity index (χ1n) is 4.94. The van der Waals surface area contributed by atoms with E-state index in [9.17, 15) is 0 Å². The van der Waals surface area contributed by atoms with Gasteiger partial charge in [0.25, 0.3) is 0 Å². The second-order valence-electron chi connectivity index (χ2n) is 2.98. The van der Waals surface area contributed by atoms with E-state index in [0.717, 1.165) is 12.1 Å². The molecule has 0 spiro atoms. The van der Waals surface area contributed by atoms with Gasteiger partial charge in [-0.2, -0.15) is 0 Å². The summed E-state index contributed by atoms with van der Waals surface area (Å²) in [6.45, 7) is 4.25. The molecule has 5 heteroatoms. The number of oxime groups is 1. The minimum Gasteiger partial charge on any atom is -0.393 e. The molecule has 0 fully saturated rings. The molecule has 5 nitrogen and oxygen atoms in total. The third kappa shape index (κ3) is 7.69. The molecule has 0 bridgehead atoms. The van der Waals surface area contributed by atoms with Crippen molar-refractivity contribution in [3.63, 3.8) is 0 Å². The van der Waals surface area contributed by atoms with E-state index >= 15 is 0 Å². The standard InChI is InChI=1S/C10H20N4O/c1-4-14-15-9(2)7-10(5-6-11)13-8-12-3/h4-5,8-9H,6-7,11H2,1-3H3,(H,12,13)/b10-5-,14-4+. The molecule has 3 N–H and O–H groups in total. The van der Waals surface area contributed by atoms with Gasteiger partial charge in [-0.1, -0.05) is 11.2 Å². The molecule has 0 aliphatic heterocycles. The van der Waals surface area contributed by atoms with E-state index in [1.165, 1.54) is 0 Å². The van der Waals surface area contributed by atoms with Gasteiger partial charge in [0.1, 0.15) is 6.10 Å². The zero-order valence-corrected chi connectivity index (χ0v) is 9.60. The summed E-state index contributed by atoms with van der Waals surface area (Å²) in [6, 6.07) is 0. The number of aliphatic imine (C=N–C) groups is 1. The summed E-state index contributed by atoms with van der Waals surface area (Å²) in [5.41, 5.74) is 6.43. The lowest BCUT2D eigenvalue weighted by Crippen LogP contribution is -2.18. The molecule has 15 heavy (non-hydrogen) atoms. The van der Waals surface area contributed by atoms with Crippen LogP contribution in [0.4, 0.5) is 0 Å². The van der Waals surface area contributed by atoms with Crippen LogP contribution in [-0.2, 0) is 4.84 Å². The minimum atomic E-state index is 0.0109. The van der Waals surface area contributed by atoms with Crippen LogP contribution in [0.25, 0.3) is 0 Å². The van der Waals surface area contributed by atoms with Gasteiger partial charge in [0.2, 0.25) is 0 Å². The SMILES string of the molecule is C/C=N/OC(C)C/C(=C/CN)NC=NC. The molecule has 0 amide bonds. The highest BCUT2D eigenvalue weighted by Gasteiger charge is 2.04. The quantitative estimate of drug-likeness (QED) is 0.374. The smallest absolute Gasteiger partial charge is 0.130 e. The Morgan fingerprint density at radius 1 is 1.60 bits per heavy atom. The molecule has 0 saturated carbocycles. The number of rotatable bonds is 7. The largest absolute Gasteiger partial charge is 0.393 e. The first-order valence-corrected chi connectivity index (χ1v) is 4.94. The molecule has 0 aromatic heterocycles. The van der Waals surface area contributed by atoms with Crippen molar-refractivity contribution in [1.82, 2.24) is 5.32 Å². The van der Waals surface area contributed by atoms with Crippen LogP contribution in [-0.4, -0.2) is 32.2 Å². The van der Waals surface area contributed by atoms with Crippen molar-refractivity contribution in [3.05, 3.63) is 11.8 Å². The Labute approximate surface area is 91.1 Å². The monoisotopic (exact) mass is 212 g/mol. The molecule has 0 heterocycles. The van der Waals surface area contributed by atoms with Gasteiger partial charge in [0.05, 0.1) is 6.34 Å². The summed E-state index contributed by atoms with van der Waals surface area (Å²) in [4.78, 5) is 8.99. The highest BCUT2D eigenvalue weighted by molar-refractivity contribution is 5.57. The summed E-state index contributed by atoms with van der Waals surface area (Å²) in [6.07, 6.45) is 5.87. The van der Waals surface area contributed by atoms with Gasteiger partial charge in [-0.25, -0.2) is 0 Å². The fraction of sp³-hybridized carbons (Fsp3) is 0.600. The molecule has 0 rings (SSSR count). The highest BCUT2D eigenvalue weighted by Crippen LogP contribution is 2.05. The van der Waals surface area contributed by atoms with Crippen molar-refractivity contribution < 1.29 is 4.84 Å². The van der Waals surface area contributed by atoms with E-state index in [4.69, 9.17) is 10.6 Å². The van der Waals surface area contributed by atoms with Gasteiger partial charge in [0.15, 0.2) is 0 Å². The van der Waals surface area contributed by atoms with Crippen LogP contribution in [0.1, 0.15) is 20.3 Å². The average molecular weight is 212 g/mol. The van der Waals surface area contributed by atoms with Crippen molar-refractivity contribution in [2.45, 2.75) is 26.4 Å². The Morgan fingerprint density at radius 2 is 2.33 bits per heavy atom. The summed E-state index contributed by atoms with van der Waals surface area (Å²) >= 11 is 0. The second kappa shape index (κ2) is 9.21. The van der Waals surface area contributed by atoms with Gasteiger partial charge >= 0.3 is 0 Å². The van der Waals surface area contributed by atoms with Crippen LogP contribution in [0.5, 0.6) is 0 Å². The fourth-order valence-electron chi connectivity index (χ4n) is 1.00. The predicted octanol–water partition coefficient (Wildman–Crippen LogP) is 0.878. The molecule has 1 atom stereocenters. The zero-order chi connectivity index (χ0) is 11.5. The molecule has 0 radical (unpaired) electrons. The highest BCUT2D eigenvalue weighted by atomic mass is 16.6. The molecular formula is C10H20N4O. The van der Waals surface area contributed by atoms with Crippen molar-refractivity contribution >= 4 is 12.6 Å². The number of hydrogen-bond donors (Lipinski definition) is 2. The van der Waals surface area contributed by atoms with E-state index in [-0.39, 0.29) is 6.10 Å². The van der Waals surface area contributed by atoms with Crippen LogP contribution in [0.2, 0.25) is 0 Å². The lowest BCUT2D eigenvalue weighted by Gasteiger charge is -2.12. The fourth-order valence-corrected chi connectivity index (χ4v) is 1.00. The Hall–Kier alpha value is -1.36. The van der Waals surface area contributed by atoms with Crippen molar-refractivity contribution in [1.29, 1.82) is 0 Å². The molecule has 0 aliphatic rings. The topological polar surface area (TPSA) is 72.0 Å². The number of nitrogens with zero attached hydrogens (tertiary/aromatic N) is 2. The molecule has 0 saturated heterocycles. The van der Waals surface area contributed by atoms with Gasteiger partial charge in [-0.15, -0.1) is 0 Å². The Kier molecular flexibility index (Phi) is 8.37. The molecular weight excluding hydrogens is 192 g/mol. The molecule has 0 aliphatic carbocycles. The van der Waals surface area contributed by atoms with Crippen LogP contribution >= 0.6 is 0 Å². The van der Waals surface area contributed by atoms with Gasteiger partial charge in [0, 0.05) is 31.9 Å². The second-order valence-corrected chi connectivity index (χ2v) is 2.98. The lowest BCUT2D eigenvalue weighted by molar-refractivity contribution is 0.0732. The number of nitrogens with one attached hydrogen (secondary N) is 1. The van der Waals surface area contributed by atoms with Crippen molar-refractivity contribution in [2.24, 2.45) is 15.9 Å². The Morgan fingerprint density at radius 3 is 2.87 bits per heavy atom. The third-order valence-electron chi connectivity index (χ3n) is 1.60. The Bertz CT molecular complexity index is 236. The van der Waals surface area contributed by atoms with E-state index in [1.54, 1.807) is 19.6 Å². The maximum Gasteiger partial charge on any atom is 0.130 e. The summed E-state index contributed by atoms with van der Waals surface area (Å²) in [5, 5.41) is 6.76. The van der Waals surface area contributed by atoms with Crippen LogP contribution in [0, 0.1) is 0 Å². The molecule has 0 aromatic rings. The maximum absolute atomic E-state index is 5.45. The summed E-state index contributed by atoms with van der Waals surface area (Å²) in [5.74, 6) is 0. The minimum absolute atomic E-state index is 0.0109. The van der Waals surface area contributed by atoms with E-state index in [2.05, 4.69) is 15.5 Å². The van der Waals surface area contributed by atoms with Crippen LogP contribution < -0.4 is 11.1 Å². The average Bonchev–Trinajstić information content (AvgIpc) is 2.23. The van der Waals surface area contributed by atoms with Gasteiger partial charge in [-0.3, -0.25) is 4.99 Å². The third-order valence-corrected chi connectivity index (χ3v) is 1.60. The normalized spacial score (nSPS) is 14.8. The van der Waals surface area contributed by atoms with Crippen molar-refractivity contribution in [2.75, 3.05) is 13.6 Å². The first kappa shape index (κ1) is 13.6. The summed E-state index contributed by atoms with van der Waals surface area (Å²) < 4.78 is 0. The molecule has 86 valence electrons. The Balaban J connectivity index is 4.09. The maximum atomic E-state index is 5.45. The van der Waals surface area contributed by atoms with Crippen molar-refractivity contribution in [3.8, 4) is 0 Å². The lowest BCUT2D eigenvalue weighted by atomic mass is 10.2. The van der Waals surface area contributed by atoms with E-state index < -0.39 is 0 Å². The van der Waals surface area contributed by atoms with Crippen LogP contribution in [0.3, 0.4) is 0 Å². The van der Waals surface area contributed by atoms with Gasteiger partial charge in [-0.05, 0) is 13.8 Å². The van der Waals surface area contributed by atoms with Crippen LogP contribution in [0.15, 0.2) is 21.9 Å². The summed E-state index contributed by atoms with van der Waals surface area (Å²) in [7, 11) is 1.70. The molecule has 1 unspecified atom stereocenters. The van der Waals surface area contributed by atoms with E-state index in [0.29, 0.717) is 6.54 Å². The number of hydrogen-bond acceptors (Lipinski definition) is 4. The zero-order valence-electron chi connectivity index (χ0n) is 9.60. The predicted molar refractivity (Wildman–Crippen MR) is 64.0 cm³/mol. The van der Waals surface area contributed by atoms with Gasteiger partial charge < -0.3 is 15.9 Å². The first-order chi connectivity index (χ1) is 7.24.